The predicted octanol–water partition coefficient (Wildman–Crippen LogP) is 2.17. The number of carbonyl (C=O) groups is 1. The standard InChI is InChI=1S/C19H23N7O3.ClH/c1-12(19-22-17(24-29-19)14-5-3-4-6-16(14)28-2)21-18(27)15-11-26(25-23-15)13-7-9-20-10-8-13;/h3-6,11-13,20H,7-10H2,1-2H3,(H,21,27);1H. The van der Waals surface area contributed by atoms with Gasteiger partial charge < -0.3 is 19.9 Å². The van der Waals surface area contributed by atoms with Gasteiger partial charge in [-0.25, -0.2) is 4.68 Å². The molecule has 0 aliphatic carbocycles. The van der Waals surface area contributed by atoms with Gasteiger partial charge in [0.15, 0.2) is 5.69 Å². The highest BCUT2D eigenvalue weighted by Crippen LogP contribution is 2.28. The number of nitrogens with one attached hydrogen (secondary N) is 2. The molecule has 11 heteroatoms. The van der Waals surface area contributed by atoms with Crippen molar-refractivity contribution in [1.29, 1.82) is 0 Å². The van der Waals surface area contributed by atoms with Gasteiger partial charge >= 0.3 is 0 Å². The number of hydrogen-bond donors (Lipinski definition) is 2. The fourth-order valence-electron chi connectivity index (χ4n) is 3.31. The van der Waals surface area contributed by atoms with E-state index < -0.39 is 6.04 Å². The molecule has 3 heterocycles. The van der Waals surface area contributed by atoms with Crippen LogP contribution in [0.4, 0.5) is 0 Å². The first kappa shape index (κ1) is 21.7. The van der Waals surface area contributed by atoms with Crippen molar-refractivity contribution in [3.63, 3.8) is 0 Å². The van der Waals surface area contributed by atoms with E-state index in [2.05, 4.69) is 31.1 Å². The van der Waals surface area contributed by atoms with Crippen LogP contribution in [0.25, 0.3) is 11.4 Å². The second-order valence-electron chi connectivity index (χ2n) is 6.92. The van der Waals surface area contributed by atoms with Crippen LogP contribution in [-0.2, 0) is 0 Å². The van der Waals surface area contributed by atoms with Crippen LogP contribution in [0.2, 0.25) is 0 Å². The highest BCUT2D eigenvalue weighted by atomic mass is 35.5. The Labute approximate surface area is 179 Å². The number of carbonyl (C=O) groups excluding carboxylic acids is 1. The maximum Gasteiger partial charge on any atom is 0.274 e. The van der Waals surface area contributed by atoms with Crippen LogP contribution >= 0.6 is 12.4 Å². The van der Waals surface area contributed by atoms with Crippen LogP contribution in [0, 0.1) is 0 Å². The van der Waals surface area contributed by atoms with Gasteiger partial charge in [-0.1, -0.05) is 22.5 Å². The molecule has 1 unspecified atom stereocenters. The summed E-state index contributed by atoms with van der Waals surface area (Å²) in [6, 6.07) is 7.18. The molecule has 10 nitrogen and oxygen atoms in total. The summed E-state index contributed by atoms with van der Waals surface area (Å²) >= 11 is 0. The van der Waals surface area contributed by atoms with Crippen molar-refractivity contribution in [1.82, 2.24) is 35.8 Å². The minimum absolute atomic E-state index is 0. The molecule has 30 heavy (non-hydrogen) atoms. The first-order valence-corrected chi connectivity index (χ1v) is 9.56. The third-order valence-electron chi connectivity index (χ3n) is 4.93. The average molecular weight is 434 g/mol. The van der Waals surface area contributed by atoms with E-state index in [1.165, 1.54) is 0 Å². The van der Waals surface area contributed by atoms with Crippen molar-refractivity contribution in [3.8, 4) is 17.1 Å². The third kappa shape index (κ3) is 4.60. The van der Waals surface area contributed by atoms with E-state index in [0.29, 0.717) is 23.0 Å². The molecule has 1 saturated heterocycles. The number of amides is 1. The Kier molecular flexibility index (Phi) is 7.01. The van der Waals surface area contributed by atoms with Crippen molar-refractivity contribution in [2.75, 3.05) is 20.2 Å². The highest BCUT2D eigenvalue weighted by molar-refractivity contribution is 5.92. The summed E-state index contributed by atoms with van der Waals surface area (Å²) in [6.07, 6.45) is 3.62. The van der Waals surface area contributed by atoms with E-state index in [0.717, 1.165) is 25.9 Å². The predicted molar refractivity (Wildman–Crippen MR) is 111 cm³/mol. The largest absolute Gasteiger partial charge is 0.496 e. The zero-order chi connectivity index (χ0) is 20.2. The minimum atomic E-state index is -0.484. The summed E-state index contributed by atoms with van der Waals surface area (Å²) in [7, 11) is 1.58. The Bertz CT molecular complexity index is 984. The van der Waals surface area contributed by atoms with Gasteiger partial charge in [-0.15, -0.1) is 17.5 Å². The van der Waals surface area contributed by atoms with Crippen LogP contribution in [0.3, 0.4) is 0 Å². The molecule has 1 amide bonds. The van der Waals surface area contributed by atoms with Gasteiger partial charge in [0.1, 0.15) is 11.8 Å². The minimum Gasteiger partial charge on any atom is -0.496 e. The molecule has 0 spiro atoms. The second kappa shape index (κ2) is 9.68. The van der Waals surface area contributed by atoms with E-state index in [-0.39, 0.29) is 30.0 Å². The summed E-state index contributed by atoms with van der Waals surface area (Å²) in [5, 5.41) is 18.3. The van der Waals surface area contributed by atoms with Gasteiger partial charge in [-0.05, 0) is 45.0 Å². The summed E-state index contributed by atoms with van der Waals surface area (Å²) < 4.78 is 12.4. The van der Waals surface area contributed by atoms with Gasteiger partial charge in [0.05, 0.1) is 24.9 Å². The fourth-order valence-corrected chi connectivity index (χ4v) is 3.31. The molecule has 2 aromatic heterocycles. The number of piperidine rings is 1. The van der Waals surface area contributed by atoms with E-state index in [1.807, 2.05) is 24.3 Å². The first-order chi connectivity index (χ1) is 14.2. The number of hydrogen-bond acceptors (Lipinski definition) is 8. The lowest BCUT2D eigenvalue weighted by molar-refractivity contribution is 0.0927. The Morgan fingerprint density at radius 1 is 1.33 bits per heavy atom. The summed E-state index contributed by atoms with van der Waals surface area (Å²) in [5.41, 5.74) is 0.980. The molecule has 3 aromatic rings. The van der Waals surface area contributed by atoms with Crippen LogP contribution in [0.5, 0.6) is 5.75 Å². The molecule has 2 N–H and O–H groups in total. The maximum atomic E-state index is 12.6. The average Bonchev–Trinajstić information content (AvgIpc) is 3.44. The number of para-hydroxylation sites is 1. The Balaban J connectivity index is 0.00000256. The SMILES string of the molecule is COc1ccccc1-c1noc(C(C)NC(=O)c2cn(C3CCNCC3)nn2)n1.Cl. The van der Waals surface area contributed by atoms with Crippen molar-refractivity contribution in [2.45, 2.75) is 31.8 Å². The molecule has 1 fully saturated rings. The Hall–Kier alpha value is -2.98. The van der Waals surface area contributed by atoms with Crippen LogP contribution in [0.15, 0.2) is 35.0 Å². The van der Waals surface area contributed by atoms with Gasteiger partial charge in [-0.2, -0.15) is 4.98 Å². The molecular weight excluding hydrogens is 410 g/mol. The van der Waals surface area contributed by atoms with Crippen molar-refractivity contribution in [3.05, 3.63) is 42.0 Å². The summed E-state index contributed by atoms with van der Waals surface area (Å²) in [5.74, 6) is 1.00. The molecule has 1 aliphatic rings. The number of rotatable bonds is 6. The number of benzene rings is 1. The van der Waals surface area contributed by atoms with Crippen LogP contribution in [0.1, 0.15) is 48.2 Å². The van der Waals surface area contributed by atoms with Crippen LogP contribution in [-0.4, -0.2) is 51.2 Å². The monoisotopic (exact) mass is 433 g/mol. The lowest BCUT2D eigenvalue weighted by atomic mass is 10.1. The zero-order valence-corrected chi connectivity index (χ0v) is 17.6. The zero-order valence-electron chi connectivity index (χ0n) is 16.7. The number of aromatic nitrogens is 5. The summed E-state index contributed by atoms with van der Waals surface area (Å²) in [6.45, 7) is 3.65. The third-order valence-corrected chi connectivity index (χ3v) is 4.93. The van der Waals surface area contributed by atoms with Gasteiger partial charge in [0, 0.05) is 0 Å². The number of halogens is 1. The van der Waals surface area contributed by atoms with Crippen LogP contribution < -0.4 is 15.4 Å². The van der Waals surface area contributed by atoms with Crippen molar-refractivity contribution in [2.24, 2.45) is 0 Å². The van der Waals surface area contributed by atoms with Crippen molar-refractivity contribution < 1.29 is 14.1 Å². The maximum absolute atomic E-state index is 12.6. The Morgan fingerprint density at radius 3 is 2.87 bits per heavy atom. The fraction of sp³-hybridized carbons (Fsp3) is 0.421. The molecule has 160 valence electrons. The lowest BCUT2D eigenvalue weighted by Crippen LogP contribution is -2.29. The smallest absolute Gasteiger partial charge is 0.274 e. The van der Waals surface area contributed by atoms with E-state index in [9.17, 15) is 4.79 Å². The highest BCUT2D eigenvalue weighted by Gasteiger charge is 2.22. The molecule has 0 bridgehead atoms. The van der Waals surface area contributed by atoms with E-state index in [1.54, 1.807) is 24.9 Å². The first-order valence-electron chi connectivity index (χ1n) is 9.56. The summed E-state index contributed by atoms with van der Waals surface area (Å²) in [4.78, 5) is 16.9. The molecule has 0 radical (unpaired) electrons. The van der Waals surface area contributed by atoms with Gasteiger partial charge in [0.2, 0.25) is 11.7 Å². The van der Waals surface area contributed by atoms with Gasteiger partial charge in [0.25, 0.3) is 5.91 Å². The quantitative estimate of drug-likeness (QED) is 0.606. The van der Waals surface area contributed by atoms with Gasteiger partial charge in [-0.3, -0.25) is 4.79 Å². The number of methoxy groups -OCH3 is 1. The molecular formula is C19H24ClN7O3. The molecule has 0 saturated carbocycles. The second-order valence-corrected chi connectivity index (χ2v) is 6.92. The number of ether oxygens (including phenoxy) is 1. The topological polar surface area (TPSA) is 120 Å². The van der Waals surface area contributed by atoms with E-state index in [4.69, 9.17) is 9.26 Å². The Morgan fingerprint density at radius 2 is 2.10 bits per heavy atom. The molecule has 1 aromatic carbocycles. The normalized spacial score (nSPS) is 15.3. The number of nitrogens with zero attached hydrogens (tertiary/aromatic N) is 5. The lowest BCUT2D eigenvalue weighted by Gasteiger charge is -2.22. The molecule has 1 atom stereocenters. The molecule has 1 aliphatic heterocycles. The molecule has 4 rings (SSSR count). The van der Waals surface area contributed by atoms with E-state index >= 15 is 0 Å². The van der Waals surface area contributed by atoms with Crippen molar-refractivity contribution >= 4 is 18.3 Å².